The smallest absolute Gasteiger partial charge is 0.249 e. The monoisotopic (exact) mass is 479 g/mol. The molecule has 0 aliphatic rings. The first-order valence-electron chi connectivity index (χ1n) is 10.7. The molecule has 2 heterocycles. The average molecular weight is 480 g/mol. The van der Waals surface area contributed by atoms with Crippen LogP contribution in [-0.2, 0) is 20.9 Å². The first-order chi connectivity index (χ1) is 16.6. The predicted octanol–water partition coefficient (Wildman–Crippen LogP) is 3.04. The number of rotatable bonds is 10. The number of nitrogens with one attached hydrogen (secondary N) is 1. The van der Waals surface area contributed by atoms with Crippen LogP contribution in [0.25, 0.3) is 11.0 Å². The van der Waals surface area contributed by atoms with Crippen LogP contribution in [0.5, 0.6) is 5.75 Å². The van der Waals surface area contributed by atoms with E-state index in [2.05, 4.69) is 15.6 Å². The van der Waals surface area contributed by atoms with Gasteiger partial charge in [0.2, 0.25) is 11.8 Å². The van der Waals surface area contributed by atoms with Gasteiger partial charge in [-0.15, -0.1) is 16.4 Å². The van der Waals surface area contributed by atoms with Crippen LogP contribution in [0.3, 0.4) is 0 Å². The third-order valence-corrected chi connectivity index (χ3v) is 6.17. The van der Waals surface area contributed by atoms with Gasteiger partial charge in [-0.1, -0.05) is 23.4 Å². The van der Waals surface area contributed by atoms with Crippen molar-refractivity contribution in [2.75, 3.05) is 32.3 Å². The highest BCUT2D eigenvalue weighted by molar-refractivity contribution is 7.10. The average Bonchev–Trinajstić information content (AvgIpc) is 3.53. The number of fused-ring (bicyclic) bond motifs is 1. The Kier molecular flexibility index (Phi) is 7.51. The molecule has 2 aromatic heterocycles. The summed E-state index contributed by atoms with van der Waals surface area (Å²) in [5.74, 6) is 0.0452. The molecule has 0 fully saturated rings. The van der Waals surface area contributed by atoms with E-state index in [0.717, 1.165) is 10.4 Å². The largest absolute Gasteiger partial charge is 0.497 e. The summed E-state index contributed by atoms with van der Waals surface area (Å²) in [6.07, 6.45) is 0. The molecule has 4 rings (SSSR count). The van der Waals surface area contributed by atoms with Gasteiger partial charge in [-0.3, -0.25) is 14.5 Å². The van der Waals surface area contributed by atoms with E-state index in [1.54, 1.807) is 43.2 Å². The van der Waals surface area contributed by atoms with Crippen LogP contribution in [0.15, 0.2) is 66.0 Å². The first-order valence-corrected chi connectivity index (χ1v) is 11.5. The van der Waals surface area contributed by atoms with Crippen molar-refractivity contribution in [1.82, 2.24) is 20.3 Å². The number of methoxy groups -OCH3 is 2. The summed E-state index contributed by atoms with van der Waals surface area (Å²) in [6.45, 7) is 0.611. The Bertz CT molecular complexity index is 1240. The van der Waals surface area contributed by atoms with E-state index in [0.29, 0.717) is 30.1 Å². The number of amides is 2. The third-order valence-electron chi connectivity index (χ3n) is 5.25. The Balaban J connectivity index is 1.73. The fourth-order valence-electron chi connectivity index (χ4n) is 3.61. The van der Waals surface area contributed by atoms with Gasteiger partial charge in [-0.05, 0) is 47.8 Å². The normalized spacial score (nSPS) is 11.8. The maximum absolute atomic E-state index is 13.8. The molecule has 1 atom stereocenters. The quantitative estimate of drug-likeness (QED) is 0.351. The van der Waals surface area contributed by atoms with Gasteiger partial charge in [0, 0.05) is 24.2 Å². The second-order valence-electron chi connectivity index (χ2n) is 7.40. The number of thiophene rings is 1. The van der Waals surface area contributed by atoms with Gasteiger partial charge in [0.15, 0.2) is 0 Å². The molecule has 9 nitrogen and oxygen atoms in total. The number of nitrogens with zero attached hydrogens (tertiary/aromatic N) is 4. The van der Waals surface area contributed by atoms with Gasteiger partial charge in [0.05, 0.1) is 19.2 Å². The van der Waals surface area contributed by atoms with Crippen molar-refractivity contribution in [3.8, 4) is 5.75 Å². The van der Waals surface area contributed by atoms with Crippen LogP contribution in [-0.4, -0.2) is 54.2 Å². The number of hydrogen-bond acceptors (Lipinski definition) is 7. The zero-order chi connectivity index (χ0) is 23.9. The van der Waals surface area contributed by atoms with Crippen LogP contribution in [0, 0.1) is 0 Å². The van der Waals surface area contributed by atoms with Crippen LogP contribution in [0.1, 0.15) is 10.9 Å². The first kappa shape index (κ1) is 23.4. The van der Waals surface area contributed by atoms with Gasteiger partial charge in [0.1, 0.15) is 23.9 Å². The lowest BCUT2D eigenvalue weighted by Gasteiger charge is -2.30. The summed E-state index contributed by atoms with van der Waals surface area (Å²) in [5, 5.41) is 13.1. The second kappa shape index (κ2) is 10.9. The zero-order valence-electron chi connectivity index (χ0n) is 18.9. The Morgan fingerprint density at radius 1 is 1.09 bits per heavy atom. The number of anilines is 1. The fraction of sp³-hybridized carbons (Fsp3) is 0.250. The lowest BCUT2D eigenvalue weighted by molar-refractivity contribution is -0.127. The van der Waals surface area contributed by atoms with Gasteiger partial charge in [-0.2, -0.15) is 0 Å². The van der Waals surface area contributed by atoms with Crippen LogP contribution < -0.4 is 15.0 Å². The lowest BCUT2D eigenvalue weighted by Crippen LogP contribution is -2.45. The van der Waals surface area contributed by atoms with E-state index in [-0.39, 0.29) is 18.4 Å². The summed E-state index contributed by atoms with van der Waals surface area (Å²) in [5.41, 5.74) is 2.00. The van der Waals surface area contributed by atoms with E-state index in [4.69, 9.17) is 9.47 Å². The molecule has 0 unspecified atom stereocenters. The molecule has 34 heavy (non-hydrogen) atoms. The Hall–Kier alpha value is -3.76. The van der Waals surface area contributed by atoms with Gasteiger partial charge in [-0.25, -0.2) is 4.68 Å². The van der Waals surface area contributed by atoms with Gasteiger partial charge >= 0.3 is 0 Å². The summed E-state index contributed by atoms with van der Waals surface area (Å²) in [7, 11) is 3.14. The summed E-state index contributed by atoms with van der Waals surface area (Å²) >= 11 is 1.41. The Morgan fingerprint density at radius 2 is 1.88 bits per heavy atom. The van der Waals surface area contributed by atoms with E-state index >= 15 is 0 Å². The standard InChI is InChI=1S/C24H25N5O4S/c1-32-14-13-25-24(31)23(21-8-5-15-34-21)29(17-9-11-18(33-2)12-10-17)22(30)16-28-20-7-4-3-6-19(20)26-27-28/h3-12,15,23H,13-14,16H2,1-2H3,(H,25,31)/t23-/m1/s1. The molecule has 0 aliphatic heterocycles. The van der Waals surface area contributed by atoms with Crippen molar-refractivity contribution in [1.29, 1.82) is 0 Å². The molecule has 0 bridgehead atoms. The number of ether oxygens (including phenoxy) is 2. The minimum Gasteiger partial charge on any atom is -0.497 e. The molecule has 10 heteroatoms. The molecular weight excluding hydrogens is 454 g/mol. The predicted molar refractivity (Wildman–Crippen MR) is 130 cm³/mol. The van der Waals surface area contributed by atoms with Gasteiger partial charge < -0.3 is 14.8 Å². The molecule has 1 N–H and O–H groups in total. The van der Waals surface area contributed by atoms with Crippen molar-refractivity contribution in [3.05, 3.63) is 70.9 Å². The number of aromatic nitrogens is 3. The highest BCUT2D eigenvalue weighted by Crippen LogP contribution is 2.32. The molecule has 0 saturated heterocycles. The number of carbonyl (C=O) groups excluding carboxylic acids is 2. The Labute approximate surface area is 200 Å². The lowest BCUT2D eigenvalue weighted by atomic mass is 10.1. The van der Waals surface area contributed by atoms with Crippen molar-refractivity contribution in [2.45, 2.75) is 12.6 Å². The van der Waals surface area contributed by atoms with E-state index in [1.807, 2.05) is 41.8 Å². The highest BCUT2D eigenvalue weighted by Gasteiger charge is 2.34. The third kappa shape index (κ3) is 5.08. The molecule has 4 aromatic rings. The SMILES string of the molecule is COCCNC(=O)[C@@H](c1cccs1)N(C(=O)Cn1nnc2ccccc21)c1ccc(OC)cc1. The number of carbonyl (C=O) groups is 2. The summed E-state index contributed by atoms with van der Waals surface area (Å²) < 4.78 is 11.9. The molecule has 176 valence electrons. The summed E-state index contributed by atoms with van der Waals surface area (Å²) in [4.78, 5) is 29.4. The second-order valence-corrected chi connectivity index (χ2v) is 8.38. The van der Waals surface area contributed by atoms with Crippen molar-refractivity contribution in [2.24, 2.45) is 0 Å². The minimum atomic E-state index is -0.868. The summed E-state index contributed by atoms with van der Waals surface area (Å²) in [6, 6.07) is 17.3. The number of para-hydroxylation sites is 1. The van der Waals surface area contributed by atoms with Crippen LogP contribution >= 0.6 is 11.3 Å². The van der Waals surface area contributed by atoms with Crippen LogP contribution in [0.4, 0.5) is 5.69 Å². The topological polar surface area (TPSA) is 98.6 Å². The molecule has 0 aliphatic carbocycles. The zero-order valence-corrected chi connectivity index (χ0v) is 19.7. The molecule has 2 aromatic carbocycles. The fourth-order valence-corrected chi connectivity index (χ4v) is 4.42. The van der Waals surface area contributed by atoms with E-state index in [9.17, 15) is 9.59 Å². The maximum Gasteiger partial charge on any atom is 0.249 e. The molecule has 0 radical (unpaired) electrons. The molecule has 0 saturated carbocycles. The minimum absolute atomic E-state index is 0.0836. The number of hydrogen-bond donors (Lipinski definition) is 1. The molecular formula is C24H25N5O4S. The Morgan fingerprint density at radius 3 is 2.59 bits per heavy atom. The van der Waals surface area contributed by atoms with Crippen molar-refractivity contribution in [3.63, 3.8) is 0 Å². The molecule has 2 amide bonds. The van der Waals surface area contributed by atoms with Gasteiger partial charge in [0.25, 0.3) is 0 Å². The maximum atomic E-state index is 13.8. The highest BCUT2D eigenvalue weighted by atomic mass is 32.1. The van der Waals surface area contributed by atoms with Crippen molar-refractivity contribution >= 4 is 39.9 Å². The van der Waals surface area contributed by atoms with E-state index < -0.39 is 6.04 Å². The number of benzene rings is 2. The molecule has 0 spiro atoms. The van der Waals surface area contributed by atoms with E-state index in [1.165, 1.54) is 16.2 Å². The van der Waals surface area contributed by atoms with Crippen LogP contribution in [0.2, 0.25) is 0 Å². The van der Waals surface area contributed by atoms with Crippen molar-refractivity contribution < 1.29 is 19.1 Å².